The molecule has 0 unspecified atom stereocenters. The lowest BCUT2D eigenvalue weighted by molar-refractivity contribution is -0.121. The van der Waals surface area contributed by atoms with Crippen molar-refractivity contribution in [2.45, 2.75) is 56.2 Å². The molecule has 0 aromatic carbocycles. The molecule has 26 heavy (non-hydrogen) atoms. The average Bonchev–Trinajstić information content (AvgIpc) is 3.20. The molecule has 1 aromatic rings. The van der Waals surface area contributed by atoms with Crippen molar-refractivity contribution >= 4 is 5.91 Å². The Morgan fingerprint density at radius 3 is 2.85 bits per heavy atom. The summed E-state index contributed by atoms with van der Waals surface area (Å²) in [6.07, 6.45) is 8.11. The molecular weight excluding hydrogens is 336 g/mol. The van der Waals surface area contributed by atoms with Gasteiger partial charge in [0.05, 0.1) is 6.10 Å². The fourth-order valence-electron chi connectivity index (χ4n) is 3.57. The van der Waals surface area contributed by atoms with Crippen LogP contribution >= 0.6 is 0 Å². The number of aliphatic hydroxyl groups is 1. The fourth-order valence-corrected chi connectivity index (χ4v) is 3.57. The van der Waals surface area contributed by atoms with Crippen LogP contribution in [0.3, 0.4) is 0 Å². The van der Waals surface area contributed by atoms with Gasteiger partial charge < -0.3 is 10.4 Å². The molecule has 3 N–H and O–H groups in total. The van der Waals surface area contributed by atoms with E-state index in [1.54, 1.807) is 7.05 Å². The Bertz CT molecular complexity index is 783. The number of hydrogen-bond acceptors (Lipinski definition) is 6. The van der Waals surface area contributed by atoms with Crippen LogP contribution in [0.2, 0.25) is 0 Å². The van der Waals surface area contributed by atoms with E-state index < -0.39 is 11.8 Å². The molecule has 0 bridgehead atoms. The Hall–Kier alpha value is -2.47. The Kier molecular flexibility index (Phi) is 5.23. The number of rotatable bonds is 8. The molecule has 9 nitrogen and oxygen atoms in total. The topological polar surface area (TPSA) is 125 Å². The number of terminal acetylenes is 1. The normalized spacial score (nSPS) is 25.8. The molecule has 140 valence electrons. The fraction of sp³-hybridized carbons (Fsp3) is 0.706. The second-order valence-electron chi connectivity index (χ2n) is 7.13. The summed E-state index contributed by atoms with van der Waals surface area (Å²) in [5.74, 6) is 3.09. The average molecular weight is 360 g/mol. The van der Waals surface area contributed by atoms with E-state index in [9.17, 15) is 14.7 Å². The number of aromatic nitrogens is 3. The second-order valence-corrected chi connectivity index (χ2v) is 7.13. The van der Waals surface area contributed by atoms with Gasteiger partial charge in [0.1, 0.15) is 5.82 Å². The lowest BCUT2D eigenvalue weighted by Crippen LogP contribution is -2.33. The van der Waals surface area contributed by atoms with Gasteiger partial charge in [-0.15, -0.1) is 12.3 Å². The maximum absolute atomic E-state index is 12.1. The molecule has 2 heterocycles. The van der Waals surface area contributed by atoms with E-state index in [0.29, 0.717) is 50.9 Å². The van der Waals surface area contributed by atoms with Gasteiger partial charge in [-0.3, -0.25) is 9.36 Å². The second kappa shape index (κ2) is 7.41. The molecule has 1 fully saturated rings. The van der Waals surface area contributed by atoms with Gasteiger partial charge in [0.2, 0.25) is 5.91 Å². The molecule has 0 spiro atoms. The Morgan fingerprint density at radius 1 is 1.46 bits per heavy atom. The number of carbonyl (C=O) groups is 1. The maximum Gasteiger partial charge on any atom is 0.343 e. The highest BCUT2D eigenvalue weighted by atomic mass is 16.3. The number of carbonyl (C=O) groups excluding carboxylic acids is 1. The Balaban J connectivity index is 1.43. The summed E-state index contributed by atoms with van der Waals surface area (Å²) in [7, 11) is 1.66. The molecule has 0 saturated heterocycles. The predicted molar refractivity (Wildman–Crippen MR) is 93.2 cm³/mol. The lowest BCUT2D eigenvalue weighted by Gasteiger charge is -2.15. The van der Waals surface area contributed by atoms with E-state index in [-0.39, 0.29) is 23.4 Å². The number of aliphatic hydroxyl groups excluding tert-OH is 1. The molecule has 2 aliphatic rings. The van der Waals surface area contributed by atoms with Gasteiger partial charge in [0.15, 0.2) is 5.66 Å². The molecule has 1 aliphatic carbocycles. The first-order chi connectivity index (χ1) is 12.4. The first-order valence-electron chi connectivity index (χ1n) is 8.87. The molecule has 9 heteroatoms. The standard InChI is InChI=1S/C17H24N6O3/c1-3-4-6-17(21-22-17)7-5-14(25)18-10-12-8-11(9-13(12)24)15-19-20-16(26)23(15)2/h1,11-13,24H,4-10H2,2H3,(H,18,25)(H,20,26)/t11-,12+,13+/m0/s1. The zero-order chi connectivity index (χ0) is 18.7. The Labute approximate surface area is 151 Å². The van der Waals surface area contributed by atoms with Gasteiger partial charge >= 0.3 is 5.69 Å². The molecule has 1 amide bonds. The van der Waals surface area contributed by atoms with Gasteiger partial charge in [-0.2, -0.15) is 15.3 Å². The zero-order valence-electron chi connectivity index (χ0n) is 14.8. The predicted octanol–water partition coefficient (Wildman–Crippen LogP) is 0.435. The summed E-state index contributed by atoms with van der Waals surface area (Å²) >= 11 is 0. The molecular formula is C17H24N6O3. The van der Waals surface area contributed by atoms with E-state index in [0.717, 1.165) is 0 Å². The summed E-state index contributed by atoms with van der Waals surface area (Å²) in [4.78, 5) is 23.6. The maximum atomic E-state index is 12.1. The van der Waals surface area contributed by atoms with Crippen LogP contribution < -0.4 is 11.0 Å². The zero-order valence-corrected chi connectivity index (χ0v) is 14.8. The van der Waals surface area contributed by atoms with E-state index in [2.05, 4.69) is 31.7 Å². The molecule has 1 aromatic heterocycles. The van der Waals surface area contributed by atoms with Crippen molar-refractivity contribution < 1.29 is 9.90 Å². The van der Waals surface area contributed by atoms with Crippen LogP contribution in [-0.2, 0) is 11.8 Å². The molecule has 0 radical (unpaired) electrons. The van der Waals surface area contributed by atoms with Gasteiger partial charge in [0.25, 0.3) is 0 Å². The number of amides is 1. The van der Waals surface area contributed by atoms with Crippen LogP contribution in [0.4, 0.5) is 0 Å². The quantitative estimate of drug-likeness (QED) is 0.582. The smallest absolute Gasteiger partial charge is 0.343 e. The van der Waals surface area contributed by atoms with E-state index in [1.807, 2.05) is 0 Å². The minimum atomic E-state index is -0.525. The van der Waals surface area contributed by atoms with Crippen LogP contribution in [0.1, 0.15) is 50.3 Å². The largest absolute Gasteiger partial charge is 0.393 e. The van der Waals surface area contributed by atoms with Gasteiger partial charge in [-0.05, 0) is 12.8 Å². The van der Waals surface area contributed by atoms with Crippen molar-refractivity contribution in [3.8, 4) is 12.3 Å². The van der Waals surface area contributed by atoms with Gasteiger partial charge in [0, 0.05) is 51.1 Å². The molecule has 3 atom stereocenters. The van der Waals surface area contributed by atoms with Crippen molar-refractivity contribution in [3.05, 3.63) is 16.3 Å². The highest BCUT2D eigenvalue weighted by Crippen LogP contribution is 2.38. The van der Waals surface area contributed by atoms with E-state index in [1.165, 1.54) is 4.57 Å². The number of aromatic amines is 1. The third-order valence-corrected chi connectivity index (χ3v) is 5.30. The molecule has 1 saturated carbocycles. The summed E-state index contributed by atoms with van der Waals surface area (Å²) < 4.78 is 1.47. The summed E-state index contributed by atoms with van der Waals surface area (Å²) in [5, 5.41) is 27.7. The van der Waals surface area contributed by atoms with Gasteiger partial charge in [-0.25, -0.2) is 9.89 Å². The number of H-pyrrole nitrogens is 1. The minimum absolute atomic E-state index is 0.00643. The summed E-state index contributed by atoms with van der Waals surface area (Å²) in [5.41, 5.74) is -0.715. The third kappa shape index (κ3) is 4.02. The van der Waals surface area contributed by atoms with Crippen molar-refractivity contribution in [3.63, 3.8) is 0 Å². The van der Waals surface area contributed by atoms with Crippen molar-refractivity contribution in [2.75, 3.05) is 6.54 Å². The van der Waals surface area contributed by atoms with Crippen LogP contribution in [0.5, 0.6) is 0 Å². The molecule has 3 rings (SSSR count). The summed E-state index contributed by atoms with van der Waals surface area (Å²) in [6.45, 7) is 0.403. The van der Waals surface area contributed by atoms with Crippen LogP contribution in [0.25, 0.3) is 0 Å². The van der Waals surface area contributed by atoms with E-state index in [4.69, 9.17) is 6.42 Å². The minimum Gasteiger partial charge on any atom is -0.393 e. The van der Waals surface area contributed by atoms with Crippen molar-refractivity contribution in [1.82, 2.24) is 20.1 Å². The van der Waals surface area contributed by atoms with E-state index >= 15 is 0 Å². The number of hydrogen-bond donors (Lipinski definition) is 3. The highest BCUT2D eigenvalue weighted by Gasteiger charge is 2.39. The first kappa shape index (κ1) is 18.3. The summed E-state index contributed by atoms with van der Waals surface area (Å²) in [6, 6.07) is 0. The van der Waals surface area contributed by atoms with Gasteiger partial charge in [-0.1, -0.05) is 0 Å². The van der Waals surface area contributed by atoms with Crippen molar-refractivity contribution in [1.29, 1.82) is 0 Å². The SMILES string of the molecule is C#CCCC1(CCC(=O)NC[C@H]2C[C@H](c3n[nH]c(=O)n3C)C[C@H]2O)N=N1. The molecule has 1 aliphatic heterocycles. The Morgan fingerprint density at radius 2 is 2.23 bits per heavy atom. The lowest BCUT2D eigenvalue weighted by atomic mass is 10.0. The van der Waals surface area contributed by atoms with Crippen LogP contribution in [0.15, 0.2) is 15.0 Å². The van der Waals surface area contributed by atoms with Crippen LogP contribution in [-0.4, -0.2) is 44.1 Å². The van der Waals surface area contributed by atoms with Crippen molar-refractivity contribution in [2.24, 2.45) is 23.2 Å². The van der Waals surface area contributed by atoms with Crippen LogP contribution in [0, 0.1) is 18.3 Å². The monoisotopic (exact) mass is 360 g/mol. The number of nitrogens with one attached hydrogen (secondary N) is 2. The first-order valence-corrected chi connectivity index (χ1v) is 8.87. The third-order valence-electron chi connectivity index (χ3n) is 5.30. The number of nitrogens with zero attached hydrogens (tertiary/aromatic N) is 4. The highest BCUT2D eigenvalue weighted by molar-refractivity contribution is 5.76.